The van der Waals surface area contributed by atoms with E-state index in [-0.39, 0.29) is 19.3 Å². The van der Waals surface area contributed by atoms with Gasteiger partial charge in [0.05, 0.1) is 24.2 Å². The second-order valence-corrected chi connectivity index (χ2v) is 8.08. The molecule has 1 aromatic carbocycles. The normalized spacial score (nSPS) is 15.4. The zero-order chi connectivity index (χ0) is 21.9. The van der Waals surface area contributed by atoms with E-state index in [1.165, 1.54) is 0 Å². The molecule has 1 saturated heterocycles. The fourth-order valence-corrected chi connectivity index (χ4v) is 4.29. The number of ether oxygens (including phenoxy) is 2. The van der Waals surface area contributed by atoms with Crippen molar-refractivity contribution in [2.45, 2.75) is 25.9 Å². The van der Waals surface area contributed by atoms with E-state index in [1.54, 1.807) is 0 Å². The average Bonchev–Trinajstić information content (AvgIpc) is 3.26. The van der Waals surface area contributed by atoms with Gasteiger partial charge in [0.15, 0.2) is 0 Å². The Labute approximate surface area is 187 Å². The van der Waals surface area contributed by atoms with Crippen LogP contribution in [0.15, 0.2) is 54.9 Å². The number of pyridine rings is 2. The van der Waals surface area contributed by atoms with E-state index in [4.69, 9.17) is 19.6 Å². The summed E-state index contributed by atoms with van der Waals surface area (Å²) in [6.07, 6.45) is 6.04. The Morgan fingerprint density at radius 2 is 2.00 bits per heavy atom. The van der Waals surface area contributed by atoms with Crippen LogP contribution >= 0.6 is 0 Å². The molecule has 0 unspecified atom stereocenters. The number of fused-ring (bicyclic) bond motifs is 2. The summed E-state index contributed by atoms with van der Waals surface area (Å²) < 4.78 is 13.9. The van der Waals surface area contributed by atoms with Crippen molar-refractivity contribution >= 4 is 16.6 Å². The third-order valence-electron chi connectivity index (χ3n) is 6.07. The predicted molar refractivity (Wildman–Crippen MR) is 124 cm³/mol. The minimum absolute atomic E-state index is 0.0198. The maximum atomic E-state index is 8.96. The van der Waals surface area contributed by atoms with Crippen molar-refractivity contribution in [3.63, 3.8) is 0 Å². The molecule has 7 nitrogen and oxygen atoms in total. The Morgan fingerprint density at radius 3 is 2.81 bits per heavy atom. The number of imidazole rings is 1. The summed E-state index contributed by atoms with van der Waals surface area (Å²) in [4.78, 5) is 12.0. The summed E-state index contributed by atoms with van der Waals surface area (Å²) in [5.74, 6) is 1.52. The first-order valence-electron chi connectivity index (χ1n) is 11.2. The van der Waals surface area contributed by atoms with Crippen molar-refractivity contribution in [2.24, 2.45) is 0 Å². The summed E-state index contributed by atoms with van der Waals surface area (Å²) >= 11 is 0. The van der Waals surface area contributed by atoms with Crippen LogP contribution in [0, 0.1) is 0 Å². The Kier molecular flexibility index (Phi) is 5.92. The summed E-state index contributed by atoms with van der Waals surface area (Å²) in [5.41, 5.74) is 3.39. The molecule has 32 heavy (non-hydrogen) atoms. The van der Waals surface area contributed by atoms with E-state index in [0.717, 1.165) is 66.2 Å². The zero-order valence-electron chi connectivity index (χ0n) is 18.3. The Bertz CT molecular complexity index is 1210. The molecule has 0 spiro atoms. The molecule has 0 aliphatic carbocycles. The first-order valence-corrected chi connectivity index (χ1v) is 11.2. The first-order chi connectivity index (χ1) is 15.7. The van der Waals surface area contributed by atoms with Gasteiger partial charge in [-0.1, -0.05) is 25.1 Å². The predicted octanol–water partition coefficient (Wildman–Crippen LogP) is 3.78. The molecule has 166 valence electrons. The van der Waals surface area contributed by atoms with Crippen LogP contribution in [0.5, 0.6) is 11.5 Å². The van der Waals surface area contributed by atoms with Gasteiger partial charge in [-0.15, -0.1) is 0 Å². The van der Waals surface area contributed by atoms with E-state index < -0.39 is 0 Å². The average molecular weight is 433 g/mol. The van der Waals surface area contributed by atoms with E-state index in [9.17, 15) is 0 Å². The third-order valence-corrected chi connectivity index (χ3v) is 6.07. The summed E-state index contributed by atoms with van der Waals surface area (Å²) in [7, 11) is 0. The SMILES string of the molecule is CCN1CCC(Oc2cccc3ccc(-c4cnc5cc(OCCO)ccn45)nc23)CC1. The molecule has 1 fully saturated rings. The van der Waals surface area contributed by atoms with Crippen LogP contribution in [0.3, 0.4) is 0 Å². The van der Waals surface area contributed by atoms with Crippen LogP contribution in [-0.2, 0) is 0 Å². The Hall–Kier alpha value is -3.16. The molecule has 5 rings (SSSR count). The van der Waals surface area contributed by atoms with Gasteiger partial charge in [0.1, 0.15) is 35.4 Å². The van der Waals surface area contributed by atoms with Crippen LogP contribution in [0.4, 0.5) is 0 Å². The largest absolute Gasteiger partial charge is 0.491 e. The molecule has 3 aromatic heterocycles. The second kappa shape index (κ2) is 9.14. The summed E-state index contributed by atoms with van der Waals surface area (Å²) in [6, 6.07) is 13.9. The van der Waals surface area contributed by atoms with Gasteiger partial charge in [-0.05, 0) is 37.6 Å². The molecule has 4 aromatic rings. The second-order valence-electron chi connectivity index (χ2n) is 8.08. The highest BCUT2D eigenvalue weighted by molar-refractivity contribution is 5.86. The van der Waals surface area contributed by atoms with Crippen LogP contribution < -0.4 is 9.47 Å². The fourth-order valence-electron chi connectivity index (χ4n) is 4.29. The molecule has 1 aliphatic rings. The van der Waals surface area contributed by atoms with Crippen LogP contribution in [0.1, 0.15) is 19.8 Å². The van der Waals surface area contributed by atoms with Gasteiger partial charge < -0.3 is 19.5 Å². The summed E-state index contributed by atoms with van der Waals surface area (Å²) in [5, 5.41) is 10.0. The van der Waals surface area contributed by atoms with E-state index >= 15 is 0 Å². The highest BCUT2D eigenvalue weighted by Crippen LogP contribution is 2.30. The van der Waals surface area contributed by atoms with Gasteiger partial charge >= 0.3 is 0 Å². The van der Waals surface area contributed by atoms with Gasteiger partial charge in [-0.3, -0.25) is 4.40 Å². The molecular formula is C25H28N4O3. The zero-order valence-corrected chi connectivity index (χ0v) is 18.3. The minimum Gasteiger partial charge on any atom is -0.491 e. The monoisotopic (exact) mass is 432 g/mol. The molecular weight excluding hydrogens is 404 g/mol. The molecule has 0 saturated carbocycles. The summed E-state index contributed by atoms with van der Waals surface area (Å²) in [6.45, 7) is 5.71. The van der Waals surface area contributed by atoms with Gasteiger partial charge in [-0.2, -0.15) is 0 Å². The molecule has 1 N–H and O–H groups in total. The Balaban J connectivity index is 1.45. The number of aliphatic hydroxyl groups excluding tert-OH is 1. The lowest BCUT2D eigenvalue weighted by Gasteiger charge is -2.31. The van der Waals surface area contributed by atoms with Crippen molar-refractivity contribution in [3.8, 4) is 22.9 Å². The van der Waals surface area contributed by atoms with Gasteiger partial charge in [0.25, 0.3) is 0 Å². The number of benzene rings is 1. The number of likely N-dealkylation sites (tertiary alicyclic amines) is 1. The number of rotatable bonds is 7. The van der Waals surface area contributed by atoms with Gasteiger partial charge in [-0.25, -0.2) is 9.97 Å². The number of para-hydroxylation sites is 1. The van der Waals surface area contributed by atoms with Crippen LogP contribution in [-0.4, -0.2) is 63.3 Å². The lowest BCUT2D eigenvalue weighted by molar-refractivity contribution is 0.105. The topological polar surface area (TPSA) is 72.1 Å². The molecule has 4 heterocycles. The Morgan fingerprint density at radius 1 is 1.12 bits per heavy atom. The number of piperidine rings is 1. The number of hydrogen-bond donors (Lipinski definition) is 1. The standard InChI is InChI=1S/C25H28N4O3/c1-2-28-11-8-19(9-12-28)32-23-5-3-4-18-6-7-21(27-25(18)23)22-17-26-24-16-20(31-15-14-30)10-13-29(22)24/h3-7,10,13,16-17,19,30H,2,8-9,11-12,14-15H2,1H3. The molecule has 7 heteroatoms. The number of aliphatic hydroxyl groups is 1. The van der Waals surface area contributed by atoms with Crippen molar-refractivity contribution in [1.82, 2.24) is 19.3 Å². The van der Waals surface area contributed by atoms with Crippen molar-refractivity contribution in [1.29, 1.82) is 0 Å². The molecule has 0 atom stereocenters. The molecule has 0 bridgehead atoms. The minimum atomic E-state index is -0.0198. The first kappa shape index (κ1) is 20.7. The lowest BCUT2D eigenvalue weighted by Crippen LogP contribution is -2.38. The lowest BCUT2D eigenvalue weighted by atomic mass is 10.1. The highest BCUT2D eigenvalue weighted by Gasteiger charge is 2.20. The third kappa shape index (κ3) is 4.13. The molecule has 0 amide bonds. The van der Waals surface area contributed by atoms with E-state index in [1.807, 2.05) is 47.1 Å². The maximum absolute atomic E-state index is 8.96. The van der Waals surface area contributed by atoms with E-state index in [2.05, 4.69) is 28.9 Å². The van der Waals surface area contributed by atoms with Crippen molar-refractivity contribution in [2.75, 3.05) is 32.8 Å². The quantitative estimate of drug-likeness (QED) is 0.479. The van der Waals surface area contributed by atoms with Crippen molar-refractivity contribution in [3.05, 3.63) is 54.9 Å². The van der Waals surface area contributed by atoms with Gasteiger partial charge in [0, 0.05) is 30.7 Å². The number of nitrogens with zero attached hydrogens (tertiary/aromatic N) is 4. The molecule has 0 radical (unpaired) electrons. The van der Waals surface area contributed by atoms with Gasteiger partial charge in [0.2, 0.25) is 0 Å². The van der Waals surface area contributed by atoms with E-state index in [0.29, 0.717) is 5.75 Å². The van der Waals surface area contributed by atoms with Crippen LogP contribution in [0.25, 0.3) is 27.9 Å². The fraction of sp³-hybridized carbons (Fsp3) is 0.360. The van der Waals surface area contributed by atoms with Crippen molar-refractivity contribution < 1.29 is 14.6 Å². The highest BCUT2D eigenvalue weighted by atomic mass is 16.5. The number of hydrogen-bond acceptors (Lipinski definition) is 6. The maximum Gasteiger partial charge on any atom is 0.145 e. The number of aromatic nitrogens is 3. The smallest absolute Gasteiger partial charge is 0.145 e. The molecule has 1 aliphatic heterocycles. The van der Waals surface area contributed by atoms with Crippen LogP contribution in [0.2, 0.25) is 0 Å².